The van der Waals surface area contributed by atoms with E-state index in [1.807, 2.05) is 0 Å². The summed E-state index contributed by atoms with van der Waals surface area (Å²) >= 11 is 0. The number of carboxylic acid groups (broad SMARTS) is 2. The third-order valence-electron chi connectivity index (χ3n) is 4.77. The number of hydrogen-bond donors (Lipinski definition) is 5. The highest BCUT2D eigenvalue weighted by Crippen LogP contribution is 2.28. The number of carboxylic acids is 2. The average molecular weight is 392 g/mol. The van der Waals surface area contributed by atoms with Crippen molar-refractivity contribution in [3.05, 3.63) is 42.0 Å². The molecule has 0 saturated carbocycles. The number of aliphatic hydroxyl groups is 3. The Balaban J connectivity index is 1.83. The van der Waals surface area contributed by atoms with Gasteiger partial charge in [0, 0.05) is 0 Å². The van der Waals surface area contributed by atoms with Gasteiger partial charge in [0.25, 0.3) is 0 Å². The standard InChI is InChI=1S/C19H20O9/c1-8(17(23)24)9-2-3-11-7-12(5-4-10(11)6-9)27-19-15(22)13(20)14(21)16(28-19)18(25)26/h2-8,13-16,19-22H,1H3,(H,23,24)(H,25,26)/t8-,13-,14-,15+,16-,19+/m0/s1. The molecule has 1 fully saturated rings. The molecule has 0 aliphatic carbocycles. The molecule has 1 aliphatic heterocycles. The molecule has 150 valence electrons. The number of hydrogen-bond acceptors (Lipinski definition) is 7. The molecule has 5 N–H and O–H groups in total. The van der Waals surface area contributed by atoms with Crippen LogP contribution in [-0.4, -0.2) is 68.2 Å². The summed E-state index contributed by atoms with van der Waals surface area (Å²) in [6.07, 6.45) is -8.44. The van der Waals surface area contributed by atoms with Crippen molar-refractivity contribution in [2.45, 2.75) is 43.5 Å². The van der Waals surface area contributed by atoms with Gasteiger partial charge in [-0.1, -0.05) is 24.3 Å². The minimum absolute atomic E-state index is 0.239. The third kappa shape index (κ3) is 3.78. The number of fused-ring (bicyclic) bond motifs is 1. The Labute approximate surface area is 159 Å². The van der Waals surface area contributed by atoms with Gasteiger partial charge in [-0.2, -0.15) is 0 Å². The summed E-state index contributed by atoms with van der Waals surface area (Å²) in [5, 5.41) is 49.2. The van der Waals surface area contributed by atoms with E-state index in [-0.39, 0.29) is 5.75 Å². The Morgan fingerprint density at radius 1 is 0.964 bits per heavy atom. The van der Waals surface area contributed by atoms with Gasteiger partial charge in [-0.3, -0.25) is 4.79 Å². The lowest BCUT2D eigenvalue weighted by molar-refractivity contribution is -0.271. The van der Waals surface area contributed by atoms with Crippen molar-refractivity contribution >= 4 is 22.7 Å². The molecule has 2 aromatic carbocycles. The Morgan fingerprint density at radius 3 is 2.25 bits per heavy atom. The monoisotopic (exact) mass is 392 g/mol. The van der Waals surface area contributed by atoms with Gasteiger partial charge in [0.2, 0.25) is 6.29 Å². The van der Waals surface area contributed by atoms with Crippen molar-refractivity contribution in [3.8, 4) is 5.75 Å². The van der Waals surface area contributed by atoms with Crippen LogP contribution in [0.2, 0.25) is 0 Å². The zero-order chi connectivity index (χ0) is 20.6. The second-order valence-electron chi connectivity index (χ2n) is 6.68. The molecule has 0 amide bonds. The number of aliphatic carboxylic acids is 2. The number of carbonyl (C=O) groups is 2. The van der Waals surface area contributed by atoms with Crippen molar-refractivity contribution in [1.82, 2.24) is 0 Å². The van der Waals surface area contributed by atoms with E-state index in [1.54, 1.807) is 43.3 Å². The molecule has 6 atom stereocenters. The normalized spacial score (nSPS) is 28.6. The largest absolute Gasteiger partial charge is 0.481 e. The maximum absolute atomic E-state index is 11.1. The van der Waals surface area contributed by atoms with E-state index >= 15 is 0 Å². The van der Waals surface area contributed by atoms with Crippen LogP contribution in [0, 0.1) is 0 Å². The molecule has 0 unspecified atom stereocenters. The van der Waals surface area contributed by atoms with E-state index in [9.17, 15) is 24.9 Å². The first-order valence-electron chi connectivity index (χ1n) is 8.54. The molecule has 1 heterocycles. The van der Waals surface area contributed by atoms with Gasteiger partial charge in [-0.05, 0) is 35.4 Å². The lowest BCUT2D eigenvalue weighted by Crippen LogP contribution is -2.61. The molecule has 0 radical (unpaired) electrons. The van der Waals surface area contributed by atoms with Gasteiger partial charge in [0.1, 0.15) is 24.1 Å². The van der Waals surface area contributed by atoms with E-state index < -0.39 is 48.6 Å². The smallest absolute Gasteiger partial charge is 0.335 e. The lowest BCUT2D eigenvalue weighted by Gasteiger charge is -2.38. The SMILES string of the molecule is C[C@H](C(=O)O)c1ccc2cc(O[C@@H]3O[C@H](C(=O)O)[C@@H](O)[C@H](O)[C@H]3O)ccc2c1. The summed E-state index contributed by atoms with van der Waals surface area (Å²) in [6.45, 7) is 1.58. The highest BCUT2D eigenvalue weighted by atomic mass is 16.7. The molecule has 2 aromatic rings. The molecule has 0 spiro atoms. The van der Waals surface area contributed by atoms with E-state index in [0.29, 0.717) is 5.56 Å². The maximum Gasteiger partial charge on any atom is 0.335 e. The van der Waals surface area contributed by atoms with Crippen LogP contribution in [0.15, 0.2) is 36.4 Å². The first-order valence-corrected chi connectivity index (χ1v) is 8.54. The second-order valence-corrected chi connectivity index (χ2v) is 6.68. The van der Waals surface area contributed by atoms with Gasteiger partial charge in [0.05, 0.1) is 5.92 Å². The molecule has 9 nitrogen and oxygen atoms in total. The summed E-state index contributed by atoms with van der Waals surface area (Å²) in [6, 6.07) is 9.96. The predicted molar refractivity (Wildman–Crippen MR) is 94.9 cm³/mol. The first kappa shape index (κ1) is 20.0. The van der Waals surface area contributed by atoms with Crippen LogP contribution in [0.5, 0.6) is 5.75 Å². The molecular formula is C19H20O9. The molecule has 1 aliphatic rings. The predicted octanol–water partition coefficient (Wildman–Crippen LogP) is 0.299. The Kier molecular flexibility index (Phi) is 5.52. The van der Waals surface area contributed by atoms with E-state index in [4.69, 9.17) is 19.7 Å². The Morgan fingerprint density at radius 2 is 1.61 bits per heavy atom. The first-order chi connectivity index (χ1) is 13.2. The van der Waals surface area contributed by atoms with Gasteiger partial charge < -0.3 is 35.0 Å². The third-order valence-corrected chi connectivity index (χ3v) is 4.77. The van der Waals surface area contributed by atoms with Crippen LogP contribution in [-0.2, 0) is 14.3 Å². The fourth-order valence-corrected chi connectivity index (χ4v) is 3.01. The van der Waals surface area contributed by atoms with Crippen molar-refractivity contribution in [2.24, 2.45) is 0 Å². The van der Waals surface area contributed by atoms with Crippen molar-refractivity contribution in [1.29, 1.82) is 0 Å². The van der Waals surface area contributed by atoms with Crippen molar-refractivity contribution in [3.63, 3.8) is 0 Å². The number of benzene rings is 2. The molecule has 0 bridgehead atoms. The Hall–Kier alpha value is -2.72. The lowest BCUT2D eigenvalue weighted by atomic mass is 9.98. The summed E-state index contributed by atoms with van der Waals surface area (Å²) in [7, 11) is 0. The van der Waals surface area contributed by atoms with Gasteiger partial charge in [0.15, 0.2) is 6.10 Å². The number of ether oxygens (including phenoxy) is 2. The van der Waals surface area contributed by atoms with Crippen molar-refractivity contribution in [2.75, 3.05) is 0 Å². The van der Waals surface area contributed by atoms with Crippen molar-refractivity contribution < 1.29 is 44.6 Å². The van der Waals surface area contributed by atoms with Gasteiger partial charge in [-0.25, -0.2) is 4.79 Å². The van der Waals surface area contributed by atoms with Crippen LogP contribution in [0.25, 0.3) is 10.8 Å². The second kappa shape index (κ2) is 7.72. The fraction of sp³-hybridized carbons (Fsp3) is 0.368. The minimum Gasteiger partial charge on any atom is -0.481 e. The molecule has 3 rings (SSSR count). The van der Waals surface area contributed by atoms with Crippen LogP contribution >= 0.6 is 0 Å². The highest BCUT2D eigenvalue weighted by Gasteiger charge is 2.48. The van der Waals surface area contributed by atoms with Crippen LogP contribution in [0.1, 0.15) is 18.4 Å². The molecule has 28 heavy (non-hydrogen) atoms. The zero-order valence-corrected chi connectivity index (χ0v) is 14.8. The summed E-state index contributed by atoms with van der Waals surface area (Å²) in [4.78, 5) is 22.3. The van der Waals surface area contributed by atoms with Crippen LogP contribution < -0.4 is 4.74 Å². The fourth-order valence-electron chi connectivity index (χ4n) is 3.01. The molecular weight excluding hydrogens is 372 g/mol. The van der Waals surface area contributed by atoms with Gasteiger partial charge >= 0.3 is 11.9 Å². The summed E-state index contributed by atoms with van der Waals surface area (Å²) < 4.78 is 10.6. The topological polar surface area (TPSA) is 154 Å². The maximum atomic E-state index is 11.1. The zero-order valence-electron chi connectivity index (χ0n) is 14.8. The summed E-state index contributed by atoms with van der Waals surface area (Å²) in [5.74, 6) is -2.85. The van der Waals surface area contributed by atoms with E-state index in [2.05, 4.69) is 0 Å². The minimum atomic E-state index is -1.79. The Bertz CT molecular complexity index is 896. The van der Waals surface area contributed by atoms with Crippen LogP contribution in [0.3, 0.4) is 0 Å². The van der Waals surface area contributed by atoms with E-state index in [0.717, 1.165) is 10.8 Å². The van der Waals surface area contributed by atoms with Crippen LogP contribution in [0.4, 0.5) is 0 Å². The molecule has 9 heteroatoms. The molecule has 1 saturated heterocycles. The number of aliphatic hydroxyl groups excluding tert-OH is 3. The quantitative estimate of drug-likeness (QED) is 0.483. The highest BCUT2D eigenvalue weighted by molar-refractivity contribution is 5.86. The average Bonchev–Trinajstić information content (AvgIpc) is 2.67. The summed E-state index contributed by atoms with van der Waals surface area (Å²) in [5.41, 5.74) is 0.640. The molecule has 0 aromatic heterocycles. The van der Waals surface area contributed by atoms with E-state index in [1.165, 1.54) is 0 Å². The van der Waals surface area contributed by atoms with Gasteiger partial charge in [-0.15, -0.1) is 0 Å². The number of rotatable bonds is 5.